The van der Waals surface area contributed by atoms with Crippen molar-refractivity contribution < 1.29 is 13.2 Å². The van der Waals surface area contributed by atoms with Gasteiger partial charge >= 0.3 is 0 Å². The molecule has 5 nitrogen and oxygen atoms in total. The van der Waals surface area contributed by atoms with Crippen molar-refractivity contribution in [3.8, 4) is 0 Å². The summed E-state index contributed by atoms with van der Waals surface area (Å²) in [4.78, 5) is 0. The van der Waals surface area contributed by atoms with Crippen LogP contribution in [0.1, 0.15) is 38.5 Å². The van der Waals surface area contributed by atoms with E-state index >= 15 is 0 Å². The van der Waals surface area contributed by atoms with Crippen LogP contribution in [0.25, 0.3) is 0 Å². The lowest BCUT2D eigenvalue weighted by molar-refractivity contribution is -0.0903. The van der Waals surface area contributed by atoms with E-state index in [9.17, 15) is 8.42 Å². The van der Waals surface area contributed by atoms with Gasteiger partial charge in [-0.05, 0) is 38.5 Å². The smallest absolute Gasteiger partial charge is 0.214 e. The molecule has 0 atom stereocenters. The van der Waals surface area contributed by atoms with E-state index in [1.807, 2.05) is 0 Å². The highest BCUT2D eigenvalue weighted by atomic mass is 32.2. The van der Waals surface area contributed by atoms with Crippen LogP contribution in [0.5, 0.6) is 0 Å². The van der Waals surface area contributed by atoms with E-state index in [2.05, 4.69) is 10.0 Å². The molecule has 3 fully saturated rings. The van der Waals surface area contributed by atoms with E-state index in [0.717, 1.165) is 58.2 Å². The highest BCUT2D eigenvalue weighted by Crippen LogP contribution is 2.34. The number of nitrogens with one attached hydrogen (secondary N) is 2. The Kier molecular flexibility index (Phi) is 3.38. The second-order valence-corrected chi connectivity index (χ2v) is 7.84. The van der Waals surface area contributed by atoms with E-state index < -0.39 is 10.0 Å². The molecule has 0 bridgehead atoms. The number of morpholine rings is 1. The molecule has 1 aliphatic heterocycles. The van der Waals surface area contributed by atoms with Crippen molar-refractivity contribution in [3.63, 3.8) is 0 Å². The lowest BCUT2D eigenvalue weighted by Gasteiger charge is -2.42. The molecule has 18 heavy (non-hydrogen) atoms. The third-order valence-corrected chi connectivity index (χ3v) is 6.34. The largest absolute Gasteiger partial charge is 0.372 e. The Balaban J connectivity index is 1.53. The zero-order valence-corrected chi connectivity index (χ0v) is 11.5. The standard InChI is InChI=1S/C12H22N2O3S/c15-18(16,11-1-2-11)14-10-3-5-12(6-4-10)9-13-7-8-17-12/h10-11,13-14H,1-9H2. The summed E-state index contributed by atoms with van der Waals surface area (Å²) >= 11 is 0. The average molecular weight is 274 g/mol. The molecule has 3 aliphatic rings. The molecule has 0 aromatic rings. The van der Waals surface area contributed by atoms with Gasteiger partial charge in [0.15, 0.2) is 0 Å². The van der Waals surface area contributed by atoms with Crippen LogP contribution in [0.2, 0.25) is 0 Å². The topological polar surface area (TPSA) is 67.4 Å². The summed E-state index contributed by atoms with van der Waals surface area (Å²) in [5.41, 5.74) is -0.0280. The minimum Gasteiger partial charge on any atom is -0.372 e. The van der Waals surface area contributed by atoms with Gasteiger partial charge in [-0.2, -0.15) is 0 Å². The molecule has 0 aromatic carbocycles. The van der Waals surface area contributed by atoms with Crippen LogP contribution in [0.15, 0.2) is 0 Å². The summed E-state index contributed by atoms with van der Waals surface area (Å²) in [6.45, 7) is 2.62. The van der Waals surface area contributed by atoms with Crippen LogP contribution in [-0.2, 0) is 14.8 Å². The van der Waals surface area contributed by atoms with Gasteiger partial charge in [0.1, 0.15) is 0 Å². The number of sulfonamides is 1. The second-order valence-electron chi connectivity index (χ2n) is 5.84. The molecule has 1 heterocycles. The van der Waals surface area contributed by atoms with Crippen molar-refractivity contribution in [2.24, 2.45) is 0 Å². The van der Waals surface area contributed by atoms with Crippen LogP contribution in [-0.4, -0.2) is 45.0 Å². The Labute approximate surface area is 109 Å². The quantitative estimate of drug-likeness (QED) is 0.780. The van der Waals surface area contributed by atoms with Crippen molar-refractivity contribution in [2.45, 2.75) is 55.4 Å². The minimum absolute atomic E-state index is 0.0280. The number of hydrogen-bond acceptors (Lipinski definition) is 4. The third kappa shape index (κ3) is 2.71. The Morgan fingerprint density at radius 2 is 1.89 bits per heavy atom. The van der Waals surface area contributed by atoms with Gasteiger partial charge in [-0.1, -0.05) is 0 Å². The maximum Gasteiger partial charge on any atom is 0.214 e. The van der Waals surface area contributed by atoms with Gasteiger partial charge < -0.3 is 10.1 Å². The lowest BCUT2D eigenvalue weighted by Crippen LogP contribution is -2.54. The summed E-state index contributed by atoms with van der Waals surface area (Å²) in [5.74, 6) is 0. The van der Waals surface area contributed by atoms with E-state index in [1.54, 1.807) is 0 Å². The van der Waals surface area contributed by atoms with Crippen LogP contribution in [0, 0.1) is 0 Å². The lowest BCUT2D eigenvalue weighted by atomic mass is 9.81. The molecule has 1 saturated heterocycles. The zero-order valence-electron chi connectivity index (χ0n) is 10.7. The van der Waals surface area contributed by atoms with Crippen LogP contribution in [0.3, 0.4) is 0 Å². The molecule has 2 N–H and O–H groups in total. The fraction of sp³-hybridized carbons (Fsp3) is 1.00. The van der Waals surface area contributed by atoms with Gasteiger partial charge in [-0.15, -0.1) is 0 Å². The van der Waals surface area contributed by atoms with Crippen LogP contribution < -0.4 is 10.0 Å². The number of ether oxygens (including phenoxy) is 1. The van der Waals surface area contributed by atoms with Gasteiger partial charge in [0.25, 0.3) is 0 Å². The first-order chi connectivity index (χ1) is 8.60. The average Bonchev–Trinajstić information content (AvgIpc) is 3.18. The first-order valence-corrected chi connectivity index (χ1v) is 8.50. The molecule has 3 rings (SSSR count). The van der Waals surface area contributed by atoms with Crippen molar-refractivity contribution in [1.29, 1.82) is 0 Å². The van der Waals surface area contributed by atoms with Crippen LogP contribution in [0.4, 0.5) is 0 Å². The summed E-state index contributed by atoms with van der Waals surface area (Å²) in [6, 6.07) is 0.117. The molecule has 0 unspecified atom stereocenters. The van der Waals surface area contributed by atoms with Crippen molar-refractivity contribution in [2.75, 3.05) is 19.7 Å². The maximum atomic E-state index is 11.9. The maximum absolute atomic E-state index is 11.9. The molecule has 2 saturated carbocycles. The molecule has 1 spiro atoms. The molecule has 0 radical (unpaired) electrons. The van der Waals surface area contributed by atoms with Gasteiger partial charge in [0.05, 0.1) is 17.5 Å². The van der Waals surface area contributed by atoms with Crippen LogP contribution >= 0.6 is 0 Å². The van der Waals surface area contributed by atoms with Crippen molar-refractivity contribution in [3.05, 3.63) is 0 Å². The first kappa shape index (κ1) is 12.8. The summed E-state index contributed by atoms with van der Waals surface area (Å²) in [5, 5.41) is 3.26. The Bertz CT molecular complexity index is 390. The predicted molar refractivity (Wildman–Crippen MR) is 68.9 cm³/mol. The number of hydrogen-bond donors (Lipinski definition) is 2. The van der Waals surface area contributed by atoms with Gasteiger partial charge in [-0.3, -0.25) is 0 Å². The highest BCUT2D eigenvalue weighted by molar-refractivity contribution is 7.90. The molecular formula is C12H22N2O3S. The monoisotopic (exact) mass is 274 g/mol. The second kappa shape index (κ2) is 4.74. The molecule has 2 aliphatic carbocycles. The minimum atomic E-state index is -3.04. The number of rotatable bonds is 3. The van der Waals surface area contributed by atoms with Gasteiger partial charge in [0.2, 0.25) is 10.0 Å². The van der Waals surface area contributed by atoms with Crippen molar-refractivity contribution >= 4 is 10.0 Å². The fourth-order valence-electron chi connectivity index (χ4n) is 3.00. The Morgan fingerprint density at radius 1 is 1.17 bits per heavy atom. The summed E-state index contributed by atoms with van der Waals surface area (Å²) in [6.07, 6.45) is 5.37. The molecule has 6 heteroatoms. The van der Waals surface area contributed by atoms with E-state index in [1.165, 1.54) is 0 Å². The molecular weight excluding hydrogens is 252 g/mol. The third-order valence-electron chi connectivity index (χ3n) is 4.33. The SMILES string of the molecule is O=S(=O)(NC1CCC2(CC1)CNCCO2)C1CC1. The Morgan fingerprint density at radius 3 is 2.44 bits per heavy atom. The van der Waals surface area contributed by atoms with E-state index in [0.29, 0.717) is 0 Å². The van der Waals surface area contributed by atoms with Gasteiger partial charge in [-0.25, -0.2) is 13.1 Å². The van der Waals surface area contributed by atoms with E-state index in [-0.39, 0.29) is 16.9 Å². The fourth-order valence-corrected chi connectivity index (χ4v) is 4.65. The highest BCUT2D eigenvalue weighted by Gasteiger charge is 2.41. The van der Waals surface area contributed by atoms with Crippen molar-refractivity contribution in [1.82, 2.24) is 10.0 Å². The Hall–Kier alpha value is -0.170. The zero-order chi connectivity index (χ0) is 12.6. The predicted octanol–water partition coefficient (Wildman–Crippen LogP) is 0.369. The summed E-state index contributed by atoms with van der Waals surface area (Å²) < 4.78 is 32.5. The van der Waals surface area contributed by atoms with Gasteiger partial charge in [0, 0.05) is 19.1 Å². The molecule has 0 amide bonds. The first-order valence-electron chi connectivity index (χ1n) is 6.96. The molecule has 0 aromatic heterocycles. The molecule has 104 valence electrons. The normalized spacial score (nSPS) is 37.9. The summed E-state index contributed by atoms with van der Waals surface area (Å²) in [7, 11) is -3.04. The van der Waals surface area contributed by atoms with E-state index in [4.69, 9.17) is 4.74 Å².